The Bertz CT molecular complexity index is 386. The summed E-state index contributed by atoms with van der Waals surface area (Å²) in [5, 5.41) is 10.4. The fraction of sp³-hybridized carbons (Fsp3) is 0.600. The van der Waals surface area contributed by atoms with Gasteiger partial charge in [-0.1, -0.05) is 23.7 Å². The number of aliphatic hydroxyl groups excluding tert-OH is 1. The highest BCUT2D eigenvalue weighted by molar-refractivity contribution is 6.30. The Hall–Kier alpha value is -0.610. The second-order valence-electron chi connectivity index (χ2n) is 5.42. The quantitative estimate of drug-likeness (QED) is 0.892. The Balaban J connectivity index is 2.01. The van der Waals surface area contributed by atoms with Gasteiger partial charge in [0.15, 0.2) is 0 Å². The minimum absolute atomic E-state index is 0.200. The van der Waals surface area contributed by atoms with Crippen molar-refractivity contribution in [2.24, 2.45) is 11.7 Å². The number of hydrogen-bond acceptors (Lipinski definition) is 3. The van der Waals surface area contributed by atoms with Crippen LogP contribution in [0.2, 0.25) is 5.02 Å². The Morgan fingerprint density at radius 1 is 1.32 bits per heavy atom. The first-order chi connectivity index (χ1) is 9.11. The van der Waals surface area contributed by atoms with Crippen molar-refractivity contribution in [2.45, 2.75) is 31.9 Å². The van der Waals surface area contributed by atoms with Gasteiger partial charge in [-0.15, -0.1) is 0 Å². The molecule has 0 spiro atoms. The summed E-state index contributed by atoms with van der Waals surface area (Å²) in [7, 11) is 0. The van der Waals surface area contributed by atoms with E-state index >= 15 is 0 Å². The van der Waals surface area contributed by atoms with E-state index in [1.807, 2.05) is 19.1 Å². The zero-order valence-electron chi connectivity index (χ0n) is 11.4. The molecule has 1 fully saturated rings. The molecule has 19 heavy (non-hydrogen) atoms. The summed E-state index contributed by atoms with van der Waals surface area (Å²) in [6.45, 7) is 4.50. The monoisotopic (exact) mass is 282 g/mol. The van der Waals surface area contributed by atoms with E-state index in [0.717, 1.165) is 31.0 Å². The molecule has 1 aliphatic heterocycles. The number of piperidine rings is 1. The van der Waals surface area contributed by atoms with Crippen LogP contribution in [0.5, 0.6) is 0 Å². The van der Waals surface area contributed by atoms with Gasteiger partial charge in [0.1, 0.15) is 0 Å². The van der Waals surface area contributed by atoms with Crippen molar-refractivity contribution >= 4 is 11.6 Å². The summed E-state index contributed by atoms with van der Waals surface area (Å²) in [4.78, 5) is 2.42. The highest BCUT2D eigenvalue weighted by atomic mass is 35.5. The van der Waals surface area contributed by atoms with Gasteiger partial charge in [-0.3, -0.25) is 4.90 Å². The fourth-order valence-electron chi connectivity index (χ4n) is 2.89. The zero-order chi connectivity index (χ0) is 13.8. The van der Waals surface area contributed by atoms with Crippen LogP contribution in [0, 0.1) is 5.92 Å². The summed E-state index contributed by atoms with van der Waals surface area (Å²) < 4.78 is 0. The van der Waals surface area contributed by atoms with Crippen LogP contribution in [0.15, 0.2) is 24.3 Å². The molecule has 0 amide bonds. The molecule has 3 nitrogen and oxygen atoms in total. The average molecular weight is 283 g/mol. The molecular weight excluding hydrogens is 260 g/mol. The molecule has 1 heterocycles. The van der Waals surface area contributed by atoms with Gasteiger partial charge in [-0.25, -0.2) is 0 Å². The smallest absolute Gasteiger partial charge is 0.0541 e. The fourth-order valence-corrected chi connectivity index (χ4v) is 3.02. The van der Waals surface area contributed by atoms with Crippen LogP contribution in [0.4, 0.5) is 0 Å². The molecule has 0 bridgehead atoms. The summed E-state index contributed by atoms with van der Waals surface area (Å²) in [5.74, 6) is 0.430. The third-order valence-electron chi connectivity index (χ3n) is 4.18. The molecular formula is C15H23ClN2O. The molecule has 0 aliphatic carbocycles. The second kappa shape index (κ2) is 6.71. The van der Waals surface area contributed by atoms with E-state index in [4.69, 9.17) is 17.3 Å². The van der Waals surface area contributed by atoms with Crippen LogP contribution in [0.3, 0.4) is 0 Å². The number of nitrogens with two attached hydrogens (primary N) is 1. The van der Waals surface area contributed by atoms with Gasteiger partial charge in [0.2, 0.25) is 0 Å². The highest BCUT2D eigenvalue weighted by Crippen LogP contribution is 2.28. The van der Waals surface area contributed by atoms with Gasteiger partial charge in [-0.05, 0) is 56.5 Å². The van der Waals surface area contributed by atoms with E-state index in [1.165, 1.54) is 5.56 Å². The second-order valence-corrected chi connectivity index (χ2v) is 5.85. The SMILES string of the molecule is CC(O)C1CCN(C(CN)c2ccc(Cl)cc2)CC1. The van der Waals surface area contributed by atoms with Crippen LogP contribution in [0.25, 0.3) is 0 Å². The van der Waals surface area contributed by atoms with Crippen molar-refractivity contribution < 1.29 is 5.11 Å². The first-order valence-corrected chi connectivity index (χ1v) is 7.37. The van der Waals surface area contributed by atoms with Gasteiger partial charge in [0, 0.05) is 17.6 Å². The van der Waals surface area contributed by atoms with Crippen LogP contribution < -0.4 is 5.73 Å². The lowest BCUT2D eigenvalue weighted by atomic mass is 9.90. The molecule has 2 rings (SSSR count). The number of halogens is 1. The van der Waals surface area contributed by atoms with E-state index in [9.17, 15) is 5.11 Å². The van der Waals surface area contributed by atoms with E-state index in [-0.39, 0.29) is 12.1 Å². The van der Waals surface area contributed by atoms with Crippen molar-refractivity contribution in [3.63, 3.8) is 0 Å². The Kier molecular flexibility index (Phi) is 5.22. The Morgan fingerprint density at radius 3 is 2.37 bits per heavy atom. The molecule has 0 aromatic heterocycles. The van der Waals surface area contributed by atoms with Crippen molar-refractivity contribution in [1.29, 1.82) is 0 Å². The third kappa shape index (κ3) is 3.69. The first kappa shape index (κ1) is 14.8. The largest absolute Gasteiger partial charge is 0.393 e. The summed E-state index contributed by atoms with van der Waals surface area (Å²) in [6.07, 6.45) is 1.89. The van der Waals surface area contributed by atoms with E-state index in [2.05, 4.69) is 17.0 Å². The lowest BCUT2D eigenvalue weighted by Crippen LogP contribution is -2.41. The standard InChI is InChI=1S/C15H23ClN2O/c1-11(19)12-6-8-18(9-7-12)15(10-17)13-2-4-14(16)5-3-13/h2-5,11-12,15,19H,6-10,17H2,1H3. The number of likely N-dealkylation sites (tertiary alicyclic amines) is 1. The molecule has 2 unspecified atom stereocenters. The first-order valence-electron chi connectivity index (χ1n) is 6.99. The number of aliphatic hydroxyl groups is 1. The van der Waals surface area contributed by atoms with Crippen molar-refractivity contribution in [2.75, 3.05) is 19.6 Å². The molecule has 0 saturated carbocycles. The van der Waals surface area contributed by atoms with Crippen molar-refractivity contribution in [3.8, 4) is 0 Å². The minimum Gasteiger partial charge on any atom is -0.393 e. The van der Waals surface area contributed by atoms with E-state index < -0.39 is 0 Å². The third-order valence-corrected chi connectivity index (χ3v) is 4.43. The maximum atomic E-state index is 9.65. The molecule has 1 aromatic carbocycles. The topological polar surface area (TPSA) is 49.5 Å². The number of rotatable bonds is 4. The molecule has 4 heteroatoms. The van der Waals surface area contributed by atoms with Gasteiger partial charge in [-0.2, -0.15) is 0 Å². The normalized spacial score (nSPS) is 21.3. The lowest BCUT2D eigenvalue weighted by Gasteiger charge is -2.38. The lowest BCUT2D eigenvalue weighted by molar-refractivity contribution is 0.0568. The maximum Gasteiger partial charge on any atom is 0.0541 e. The van der Waals surface area contributed by atoms with Gasteiger partial charge >= 0.3 is 0 Å². The van der Waals surface area contributed by atoms with Crippen molar-refractivity contribution in [1.82, 2.24) is 4.90 Å². The van der Waals surface area contributed by atoms with Crippen LogP contribution in [-0.2, 0) is 0 Å². The molecule has 106 valence electrons. The Morgan fingerprint density at radius 2 is 1.89 bits per heavy atom. The predicted octanol–water partition coefficient (Wildman–Crippen LogP) is 2.43. The van der Waals surface area contributed by atoms with E-state index in [1.54, 1.807) is 0 Å². The maximum absolute atomic E-state index is 9.65. The van der Waals surface area contributed by atoms with Crippen LogP contribution >= 0.6 is 11.6 Å². The zero-order valence-corrected chi connectivity index (χ0v) is 12.2. The van der Waals surface area contributed by atoms with Crippen molar-refractivity contribution in [3.05, 3.63) is 34.9 Å². The summed E-state index contributed by atoms with van der Waals surface area (Å²) in [5.41, 5.74) is 7.17. The van der Waals surface area contributed by atoms with Gasteiger partial charge in [0.25, 0.3) is 0 Å². The summed E-state index contributed by atoms with van der Waals surface area (Å²) >= 11 is 5.93. The number of nitrogens with zero attached hydrogens (tertiary/aromatic N) is 1. The molecule has 0 radical (unpaired) electrons. The Labute approximate surface area is 120 Å². The van der Waals surface area contributed by atoms with Crippen LogP contribution in [-0.4, -0.2) is 35.7 Å². The molecule has 1 aromatic rings. The molecule has 2 atom stereocenters. The van der Waals surface area contributed by atoms with Crippen LogP contribution in [0.1, 0.15) is 31.4 Å². The average Bonchev–Trinajstić information content (AvgIpc) is 2.42. The predicted molar refractivity (Wildman–Crippen MR) is 79.2 cm³/mol. The molecule has 3 N–H and O–H groups in total. The number of hydrogen-bond donors (Lipinski definition) is 2. The molecule has 1 saturated heterocycles. The highest BCUT2D eigenvalue weighted by Gasteiger charge is 2.27. The minimum atomic E-state index is -0.200. The van der Waals surface area contributed by atoms with Gasteiger partial charge in [0.05, 0.1) is 6.10 Å². The molecule has 1 aliphatic rings. The number of benzene rings is 1. The summed E-state index contributed by atoms with van der Waals surface area (Å²) in [6, 6.07) is 8.21. The van der Waals surface area contributed by atoms with Gasteiger partial charge < -0.3 is 10.8 Å². The van der Waals surface area contributed by atoms with E-state index in [0.29, 0.717) is 12.5 Å².